The van der Waals surface area contributed by atoms with Gasteiger partial charge in [0.25, 0.3) is 0 Å². The molecular weight excluding hydrogens is 386 g/mol. The zero-order valence-electron chi connectivity index (χ0n) is 16.1. The molecule has 3 aromatic rings. The maximum atomic E-state index is 12.0. The van der Waals surface area contributed by atoms with Crippen molar-refractivity contribution in [1.82, 2.24) is 20.3 Å². The Labute approximate surface area is 174 Å². The highest BCUT2D eigenvalue weighted by Gasteiger charge is 2.32. The van der Waals surface area contributed by atoms with E-state index in [4.69, 9.17) is 16.6 Å². The summed E-state index contributed by atoms with van der Waals surface area (Å²) in [6.45, 7) is 0. The number of pyridine rings is 2. The van der Waals surface area contributed by atoms with Gasteiger partial charge in [0.15, 0.2) is 0 Å². The number of carbonyl (C=O) groups is 1. The van der Waals surface area contributed by atoms with Crippen molar-refractivity contribution in [3.05, 3.63) is 41.7 Å². The molecule has 2 aliphatic rings. The summed E-state index contributed by atoms with van der Waals surface area (Å²) in [6.07, 6.45) is 9.82. The van der Waals surface area contributed by atoms with E-state index in [9.17, 15) is 4.79 Å². The molecule has 0 atom stereocenters. The first-order chi connectivity index (χ1) is 14.2. The second kappa shape index (κ2) is 7.67. The lowest BCUT2D eigenvalue weighted by Crippen LogP contribution is -2.40. The Balaban J connectivity index is 1.27. The Kier molecular flexibility index (Phi) is 4.87. The normalized spacial score (nSPS) is 21.8. The fourth-order valence-electron chi connectivity index (χ4n) is 4.13. The lowest BCUT2D eigenvalue weighted by molar-refractivity contribution is -0.123. The molecule has 0 spiro atoms. The summed E-state index contributed by atoms with van der Waals surface area (Å²) in [5.74, 6) is 1.31. The molecule has 0 aliphatic heterocycles. The largest absolute Gasteiger partial charge is 0.367 e. The molecule has 3 N–H and O–H groups in total. The predicted octanol–water partition coefficient (Wildman–Crippen LogP) is 4.53. The van der Waals surface area contributed by atoms with Gasteiger partial charge in [0.05, 0.1) is 5.69 Å². The van der Waals surface area contributed by atoms with Crippen LogP contribution in [0, 0.1) is 5.92 Å². The van der Waals surface area contributed by atoms with E-state index in [1.165, 1.54) is 0 Å². The molecule has 2 aliphatic carbocycles. The summed E-state index contributed by atoms with van der Waals surface area (Å²) in [7, 11) is 0. The zero-order valence-corrected chi connectivity index (χ0v) is 16.9. The van der Waals surface area contributed by atoms with Crippen LogP contribution in [0.1, 0.15) is 38.5 Å². The number of nitrogens with one attached hydrogen (secondary N) is 3. The first kappa shape index (κ1) is 18.4. The topological polar surface area (TPSA) is 82.7 Å². The van der Waals surface area contributed by atoms with E-state index in [1.54, 1.807) is 6.20 Å². The van der Waals surface area contributed by atoms with Crippen molar-refractivity contribution in [3.8, 4) is 11.3 Å². The molecular formula is C22H24ClN5O. The van der Waals surface area contributed by atoms with Crippen LogP contribution >= 0.6 is 11.6 Å². The highest BCUT2D eigenvalue weighted by atomic mass is 35.5. The van der Waals surface area contributed by atoms with E-state index in [2.05, 4.69) is 20.6 Å². The van der Waals surface area contributed by atoms with Crippen LogP contribution in [0.15, 0.2) is 36.7 Å². The van der Waals surface area contributed by atoms with Crippen molar-refractivity contribution in [2.24, 2.45) is 5.92 Å². The molecule has 150 valence electrons. The van der Waals surface area contributed by atoms with Crippen molar-refractivity contribution in [2.75, 3.05) is 5.32 Å². The number of hydrogen-bond acceptors (Lipinski definition) is 4. The van der Waals surface area contributed by atoms with Gasteiger partial charge in [-0.3, -0.25) is 4.79 Å². The third kappa shape index (κ3) is 4.08. The number of aromatic amines is 1. The summed E-state index contributed by atoms with van der Waals surface area (Å²) >= 11 is 6.40. The molecule has 0 radical (unpaired) electrons. The molecule has 5 rings (SSSR count). The van der Waals surface area contributed by atoms with E-state index >= 15 is 0 Å². The smallest absolute Gasteiger partial charge is 0.223 e. The molecule has 1 amide bonds. The fourth-order valence-corrected chi connectivity index (χ4v) is 4.34. The number of H-pyrrole nitrogens is 1. The second-order valence-electron chi connectivity index (χ2n) is 8.13. The van der Waals surface area contributed by atoms with Gasteiger partial charge in [0, 0.05) is 46.4 Å². The van der Waals surface area contributed by atoms with E-state index in [1.807, 2.05) is 30.5 Å². The summed E-state index contributed by atoms with van der Waals surface area (Å²) in [6, 6.07) is 8.35. The Morgan fingerprint density at radius 3 is 2.69 bits per heavy atom. The van der Waals surface area contributed by atoms with Crippen molar-refractivity contribution in [1.29, 1.82) is 0 Å². The van der Waals surface area contributed by atoms with Gasteiger partial charge in [0.2, 0.25) is 5.91 Å². The molecule has 6 nitrogen and oxygen atoms in total. The third-order valence-electron chi connectivity index (χ3n) is 5.89. The number of aromatic nitrogens is 3. The maximum Gasteiger partial charge on any atom is 0.223 e. The Hall–Kier alpha value is -2.60. The summed E-state index contributed by atoms with van der Waals surface area (Å²) in [4.78, 5) is 24.3. The van der Waals surface area contributed by atoms with Gasteiger partial charge in [-0.25, -0.2) is 9.97 Å². The van der Waals surface area contributed by atoms with Crippen LogP contribution in [-0.2, 0) is 4.79 Å². The number of nitrogens with zero attached hydrogens (tertiary/aromatic N) is 2. The summed E-state index contributed by atoms with van der Waals surface area (Å²) in [5, 5.41) is 8.43. The van der Waals surface area contributed by atoms with E-state index < -0.39 is 0 Å². The van der Waals surface area contributed by atoms with Crippen LogP contribution < -0.4 is 10.6 Å². The van der Waals surface area contributed by atoms with Crippen molar-refractivity contribution < 1.29 is 4.79 Å². The van der Waals surface area contributed by atoms with E-state index in [0.29, 0.717) is 17.1 Å². The van der Waals surface area contributed by atoms with Crippen LogP contribution in [-0.4, -0.2) is 32.9 Å². The standard InChI is InChI=1S/C22H24ClN5O/c23-14-10-19(18-12-25-21-17(18)2-1-9-24-21)28-20(11-14)26-15-5-7-16(8-6-15)27-22(29)13-3-4-13/h1-2,9-13,15-16H,3-8H2,(H,24,25)(H,26,28)(H,27,29). The minimum atomic E-state index is 0.246. The maximum absolute atomic E-state index is 12.0. The summed E-state index contributed by atoms with van der Waals surface area (Å²) < 4.78 is 0. The van der Waals surface area contributed by atoms with Gasteiger partial charge in [-0.15, -0.1) is 0 Å². The summed E-state index contributed by atoms with van der Waals surface area (Å²) in [5.41, 5.74) is 2.65. The Morgan fingerprint density at radius 2 is 1.90 bits per heavy atom. The minimum Gasteiger partial charge on any atom is -0.367 e. The highest BCUT2D eigenvalue weighted by Crippen LogP contribution is 2.32. The number of rotatable bonds is 5. The molecule has 3 aromatic heterocycles. The molecule has 3 heterocycles. The molecule has 0 aromatic carbocycles. The zero-order chi connectivity index (χ0) is 19.8. The molecule has 2 fully saturated rings. The number of halogens is 1. The van der Waals surface area contributed by atoms with Crippen LogP contribution in [0.25, 0.3) is 22.3 Å². The number of fused-ring (bicyclic) bond motifs is 1. The number of carbonyl (C=O) groups excluding carboxylic acids is 1. The van der Waals surface area contributed by atoms with Crippen LogP contribution in [0.4, 0.5) is 5.82 Å². The van der Waals surface area contributed by atoms with Crippen LogP contribution in [0.5, 0.6) is 0 Å². The second-order valence-corrected chi connectivity index (χ2v) is 8.57. The predicted molar refractivity (Wildman–Crippen MR) is 115 cm³/mol. The lowest BCUT2D eigenvalue weighted by atomic mass is 9.91. The average Bonchev–Trinajstić information content (AvgIpc) is 3.48. The van der Waals surface area contributed by atoms with Crippen molar-refractivity contribution in [2.45, 2.75) is 50.6 Å². The quantitative estimate of drug-likeness (QED) is 0.578. The number of hydrogen-bond donors (Lipinski definition) is 3. The molecule has 0 bridgehead atoms. The Morgan fingerprint density at radius 1 is 1.10 bits per heavy atom. The van der Waals surface area contributed by atoms with Crippen LogP contribution in [0.3, 0.4) is 0 Å². The average molecular weight is 410 g/mol. The molecule has 29 heavy (non-hydrogen) atoms. The highest BCUT2D eigenvalue weighted by molar-refractivity contribution is 6.31. The Bertz CT molecular complexity index is 1040. The SMILES string of the molecule is O=C(NC1CCC(Nc2cc(Cl)cc(-c3c[nH]c4ncccc34)n2)CC1)C1CC1. The number of anilines is 1. The van der Waals surface area contributed by atoms with Crippen molar-refractivity contribution in [3.63, 3.8) is 0 Å². The van der Waals surface area contributed by atoms with Gasteiger partial charge in [-0.2, -0.15) is 0 Å². The molecule has 2 saturated carbocycles. The first-order valence-corrected chi connectivity index (χ1v) is 10.7. The third-order valence-corrected chi connectivity index (χ3v) is 6.11. The van der Waals surface area contributed by atoms with Gasteiger partial charge in [-0.1, -0.05) is 11.6 Å². The van der Waals surface area contributed by atoms with Gasteiger partial charge in [-0.05, 0) is 62.8 Å². The molecule has 7 heteroatoms. The van der Waals surface area contributed by atoms with Crippen LogP contribution in [0.2, 0.25) is 5.02 Å². The minimum absolute atomic E-state index is 0.246. The number of amides is 1. The first-order valence-electron chi connectivity index (χ1n) is 10.3. The fraction of sp³-hybridized carbons (Fsp3) is 0.409. The molecule has 0 saturated heterocycles. The van der Waals surface area contributed by atoms with E-state index in [0.717, 1.165) is 66.6 Å². The lowest BCUT2D eigenvalue weighted by Gasteiger charge is -2.30. The van der Waals surface area contributed by atoms with Gasteiger partial charge < -0.3 is 15.6 Å². The van der Waals surface area contributed by atoms with Crippen molar-refractivity contribution >= 4 is 34.4 Å². The van der Waals surface area contributed by atoms with E-state index in [-0.39, 0.29) is 11.8 Å². The monoisotopic (exact) mass is 409 g/mol. The van der Waals surface area contributed by atoms with Gasteiger partial charge in [0.1, 0.15) is 11.5 Å². The molecule has 0 unspecified atom stereocenters. The van der Waals surface area contributed by atoms with Gasteiger partial charge >= 0.3 is 0 Å².